The molecule has 0 saturated heterocycles. The molecular formula is C19H20Br2N6O4S. The number of anilines is 1. The van der Waals surface area contributed by atoms with E-state index in [-0.39, 0.29) is 15.4 Å². The van der Waals surface area contributed by atoms with Gasteiger partial charge in [0.2, 0.25) is 5.88 Å². The Morgan fingerprint density at radius 3 is 2.47 bits per heavy atom. The van der Waals surface area contributed by atoms with Crippen LogP contribution in [0.25, 0.3) is 11.1 Å². The zero-order valence-electron chi connectivity index (χ0n) is 27.0. The molecule has 32 heavy (non-hydrogen) atoms. The van der Waals surface area contributed by atoms with E-state index in [4.69, 9.17) is 24.6 Å². The summed E-state index contributed by atoms with van der Waals surface area (Å²) in [5.41, 5.74) is -1.24. The topological polar surface area (TPSA) is 128 Å². The van der Waals surface area contributed by atoms with Gasteiger partial charge in [0, 0.05) is 26.1 Å². The Balaban J connectivity index is 2.16. The molecule has 3 aromatic rings. The van der Waals surface area contributed by atoms with Crippen molar-refractivity contribution >= 4 is 47.9 Å². The van der Waals surface area contributed by atoms with E-state index in [0.29, 0.717) is 0 Å². The summed E-state index contributed by atoms with van der Waals surface area (Å²) in [4.78, 5) is 14.6. The maximum atomic E-state index is 12.8. The van der Waals surface area contributed by atoms with Crippen LogP contribution in [0.15, 0.2) is 51.8 Å². The van der Waals surface area contributed by atoms with Crippen LogP contribution in [-0.2, 0) is 10.2 Å². The molecule has 170 valence electrons. The molecule has 0 amide bonds. The highest BCUT2D eigenvalue weighted by Crippen LogP contribution is 2.34. The molecule has 3 rings (SSSR count). The van der Waals surface area contributed by atoms with Gasteiger partial charge < -0.3 is 9.47 Å². The smallest absolute Gasteiger partial charge is 0.316 e. The normalized spacial score (nSPS) is 17.0. The Bertz CT molecular complexity index is 1640. The summed E-state index contributed by atoms with van der Waals surface area (Å²) in [7, 11) is -4.80. The molecular weight excluding hydrogens is 568 g/mol. The summed E-state index contributed by atoms with van der Waals surface area (Å²) < 4.78 is 128. The standard InChI is InChI=1S/C19H20Br2N6O4S/c1-2-7-26-32(28,29)27-17-16(13-3-5-14(20)6-4-13)18(25-12-24-17)30-8-9-31-19-22-10-15(21)11-23-19/h3-6,10-12,26H,2,7-9H2,1H3,(H,24,25,27)/i3D,4D,5D,6D,7D2,9D2,10D,11D,12D. The first-order chi connectivity index (χ1) is 19.7. The number of nitrogens with zero attached hydrogens (tertiary/aromatic N) is 4. The first-order valence-corrected chi connectivity index (χ1v) is 11.5. The van der Waals surface area contributed by atoms with E-state index in [1.807, 2.05) is 4.72 Å². The highest BCUT2D eigenvalue weighted by molar-refractivity contribution is 9.10. The van der Waals surface area contributed by atoms with Gasteiger partial charge in [-0.25, -0.2) is 19.9 Å². The van der Waals surface area contributed by atoms with Crippen LogP contribution < -0.4 is 18.9 Å². The van der Waals surface area contributed by atoms with Crippen LogP contribution in [-0.4, -0.2) is 48.0 Å². The van der Waals surface area contributed by atoms with E-state index in [0.717, 1.165) is 0 Å². The third-order valence-electron chi connectivity index (χ3n) is 3.15. The number of hydrogen-bond acceptors (Lipinski definition) is 8. The van der Waals surface area contributed by atoms with Crippen LogP contribution in [0.1, 0.15) is 28.4 Å². The number of halogens is 2. The molecule has 2 aromatic heterocycles. The van der Waals surface area contributed by atoms with Crippen LogP contribution in [0.2, 0.25) is 0 Å². The monoisotopic (exact) mass is 597 g/mol. The quantitative estimate of drug-likeness (QED) is 0.343. The van der Waals surface area contributed by atoms with Crippen molar-refractivity contribution < 1.29 is 33.0 Å². The summed E-state index contributed by atoms with van der Waals surface area (Å²) in [6.07, 6.45) is -2.12. The van der Waals surface area contributed by atoms with Gasteiger partial charge in [-0.3, -0.25) is 4.72 Å². The fourth-order valence-corrected chi connectivity index (χ4v) is 3.12. The van der Waals surface area contributed by atoms with Crippen molar-refractivity contribution in [2.75, 3.05) is 24.4 Å². The van der Waals surface area contributed by atoms with Gasteiger partial charge >= 0.3 is 6.01 Å². The molecule has 0 fully saturated rings. The van der Waals surface area contributed by atoms with Crippen LogP contribution in [0.3, 0.4) is 0 Å². The molecule has 0 aliphatic carbocycles. The molecule has 0 radical (unpaired) electrons. The minimum atomic E-state index is -4.80. The second kappa shape index (κ2) is 11.5. The van der Waals surface area contributed by atoms with E-state index >= 15 is 0 Å². The number of rotatable bonds is 11. The van der Waals surface area contributed by atoms with Crippen molar-refractivity contribution in [1.82, 2.24) is 24.7 Å². The van der Waals surface area contributed by atoms with Crippen LogP contribution in [0.4, 0.5) is 5.82 Å². The van der Waals surface area contributed by atoms with Gasteiger partial charge in [-0.2, -0.15) is 13.1 Å². The van der Waals surface area contributed by atoms with Gasteiger partial charge in [0.25, 0.3) is 10.2 Å². The SMILES string of the molecule is [2H]c1nc(NS(=O)(=O)NC([2H])([2H])CC)c(-c2c([2H])c([2H])c(Br)c([2H])c2[2H])c(OCC([2H])([2H])Oc2nc([2H])c(Br)c([2H])n2)n1. The maximum absolute atomic E-state index is 12.8. The molecule has 0 aliphatic rings. The Morgan fingerprint density at radius 1 is 1.06 bits per heavy atom. The Hall–Kier alpha value is -2.35. The van der Waals surface area contributed by atoms with Crippen LogP contribution in [0, 0.1) is 0 Å². The minimum absolute atomic E-state index is 0.0730. The fraction of sp³-hybridized carbons (Fsp3) is 0.263. The lowest BCUT2D eigenvalue weighted by Crippen LogP contribution is -2.31. The number of nitrogens with one attached hydrogen (secondary N) is 2. The lowest BCUT2D eigenvalue weighted by molar-refractivity contribution is 0.202. The van der Waals surface area contributed by atoms with E-state index in [1.54, 1.807) is 4.72 Å². The average molecular weight is 599 g/mol. The van der Waals surface area contributed by atoms with Gasteiger partial charge in [-0.15, -0.1) is 0 Å². The van der Waals surface area contributed by atoms with Crippen LogP contribution in [0.5, 0.6) is 11.9 Å². The molecule has 2 N–H and O–H groups in total. The molecule has 10 nitrogen and oxygen atoms in total. The first-order valence-electron chi connectivity index (χ1n) is 14.0. The van der Waals surface area contributed by atoms with Crippen molar-refractivity contribution in [2.24, 2.45) is 0 Å². The largest absolute Gasteiger partial charge is 0.473 e. The van der Waals surface area contributed by atoms with Gasteiger partial charge in [-0.1, -0.05) is 34.9 Å². The van der Waals surface area contributed by atoms with E-state index in [1.165, 1.54) is 6.92 Å². The molecule has 0 spiro atoms. The van der Waals surface area contributed by atoms with E-state index in [2.05, 4.69) is 51.8 Å². The molecule has 1 aromatic carbocycles. The predicted molar refractivity (Wildman–Crippen MR) is 127 cm³/mol. The zero-order chi connectivity index (χ0) is 32.7. The highest BCUT2D eigenvalue weighted by Gasteiger charge is 2.19. The number of hydrogen-bond donors (Lipinski definition) is 2. The maximum Gasteiger partial charge on any atom is 0.316 e. The van der Waals surface area contributed by atoms with Gasteiger partial charge in [0.15, 0.2) is 5.82 Å². The Kier molecular flexibility index (Phi) is 4.81. The second-order valence-corrected chi connectivity index (χ2v) is 8.36. The fourth-order valence-electron chi connectivity index (χ4n) is 1.96. The van der Waals surface area contributed by atoms with Crippen molar-refractivity contribution in [3.8, 4) is 23.0 Å². The van der Waals surface area contributed by atoms with Gasteiger partial charge in [0.1, 0.15) is 20.8 Å². The minimum Gasteiger partial charge on any atom is -0.473 e. The summed E-state index contributed by atoms with van der Waals surface area (Å²) in [5.74, 6) is -1.58. The molecule has 0 saturated carbocycles. The molecule has 0 atom stereocenters. The molecule has 0 bridgehead atoms. The second-order valence-electron chi connectivity index (χ2n) is 5.36. The average Bonchev–Trinajstić information content (AvgIpc) is 2.88. The number of ether oxygens (including phenoxy) is 2. The summed E-state index contributed by atoms with van der Waals surface area (Å²) in [6, 6.07) is -3.31. The first kappa shape index (κ1) is 13.4. The van der Waals surface area contributed by atoms with Crippen LogP contribution >= 0.6 is 31.9 Å². The van der Waals surface area contributed by atoms with Crippen molar-refractivity contribution in [1.29, 1.82) is 0 Å². The summed E-state index contributed by atoms with van der Waals surface area (Å²) >= 11 is 5.87. The predicted octanol–water partition coefficient (Wildman–Crippen LogP) is 3.57. The lowest BCUT2D eigenvalue weighted by atomic mass is 10.1. The zero-order valence-corrected chi connectivity index (χ0v) is 20.0. The van der Waals surface area contributed by atoms with E-state index in [9.17, 15) is 8.42 Å². The van der Waals surface area contributed by atoms with Gasteiger partial charge in [-0.05, 0) is 40.0 Å². The van der Waals surface area contributed by atoms with Crippen molar-refractivity contribution in [2.45, 2.75) is 13.3 Å². The number of aromatic nitrogens is 4. The van der Waals surface area contributed by atoms with E-state index < -0.39 is 102 Å². The number of benzene rings is 1. The third-order valence-corrected chi connectivity index (χ3v) is 4.78. The summed E-state index contributed by atoms with van der Waals surface area (Å²) in [6.45, 7) is -4.96. The third kappa shape index (κ3) is 7.08. The summed E-state index contributed by atoms with van der Waals surface area (Å²) in [5, 5.41) is 0. The molecule has 0 aliphatic heterocycles. The van der Waals surface area contributed by atoms with Crippen molar-refractivity contribution in [3.63, 3.8) is 0 Å². The Morgan fingerprint density at radius 2 is 1.78 bits per heavy atom. The highest BCUT2D eigenvalue weighted by atomic mass is 79.9. The molecule has 2 heterocycles. The lowest BCUT2D eigenvalue weighted by Gasteiger charge is -2.15. The molecule has 13 heteroatoms. The van der Waals surface area contributed by atoms with Crippen molar-refractivity contribution in [3.05, 3.63) is 51.8 Å². The Labute approximate surface area is 218 Å². The van der Waals surface area contributed by atoms with Gasteiger partial charge in [0.05, 0.1) is 21.0 Å². The molecule has 0 unspecified atom stereocenters.